The van der Waals surface area contributed by atoms with E-state index >= 15 is 0 Å². The van der Waals surface area contributed by atoms with Gasteiger partial charge in [-0.05, 0) is 25.8 Å². The molecule has 1 heterocycles. The van der Waals surface area contributed by atoms with Crippen molar-refractivity contribution in [2.45, 2.75) is 32.7 Å². The maximum absolute atomic E-state index is 8.82. The Labute approximate surface area is 72.6 Å². The molecule has 0 amide bonds. The van der Waals surface area contributed by atoms with E-state index in [0.717, 1.165) is 6.42 Å². The van der Waals surface area contributed by atoms with Gasteiger partial charge in [-0.1, -0.05) is 6.92 Å². The summed E-state index contributed by atoms with van der Waals surface area (Å²) in [5, 5.41) is 12.9. The van der Waals surface area contributed by atoms with Gasteiger partial charge in [0.2, 0.25) is 0 Å². The van der Waals surface area contributed by atoms with Crippen molar-refractivity contribution in [1.82, 2.24) is 9.78 Å². The lowest BCUT2D eigenvalue weighted by molar-refractivity contribution is 0.418. The van der Waals surface area contributed by atoms with Gasteiger partial charge in [-0.15, -0.1) is 0 Å². The number of nitriles is 1. The topological polar surface area (TPSA) is 41.6 Å². The van der Waals surface area contributed by atoms with Crippen molar-refractivity contribution >= 4 is 0 Å². The van der Waals surface area contributed by atoms with Crippen molar-refractivity contribution in [3.63, 3.8) is 0 Å². The minimum Gasteiger partial charge on any atom is -0.253 e. The molecule has 0 unspecified atom stereocenters. The highest BCUT2D eigenvalue weighted by Gasteiger charge is 2.19. The molecule has 0 aliphatic carbocycles. The highest BCUT2D eigenvalue weighted by atomic mass is 15.3. The molecular weight excluding hydrogens is 150 g/mol. The van der Waals surface area contributed by atoms with Crippen LogP contribution >= 0.6 is 0 Å². The molecule has 3 heteroatoms. The van der Waals surface area contributed by atoms with E-state index in [2.05, 4.69) is 18.1 Å². The third-order valence-corrected chi connectivity index (χ3v) is 1.89. The van der Waals surface area contributed by atoms with Crippen molar-refractivity contribution in [1.29, 1.82) is 5.26 Å². The molecule has 0 fully saturated rings. The lowest BCUT2D eigenvalue weighted by Gasteiger charge is -2.15. The van der Waals surface area contributed by atoms with E-state index in [1.807, 2.05) is 20.0 Å². The first-order chi connectivity index (χ1) is 5.60. The third kappa shape index (κ3) is 1.48. The van der Waals surface area contributed by atoms with Crippen LogP contribution in [0.1, 0.15) is 26.3 Å². The Kier molecular flexibility index (Phi) is 2.18. The fraction of sp³-hybridized carbons (Fsp3) is 0.556. The van der Waals surface area contributed by atoms with Crippen molar-refractivity contribution in [3.8, 4) is 6.07 Å². The first-order valence-electron chi connectivity index (χ1n) is 4.05. The molecule has 0 radical (unpaired) electrons. The monoisotopic (exact) mass is 163 g/mol. The summed E-state index contributed by atoms with van der Waals surface area (Å²) in [6, 6.07) is 2.20. The molecule has 0 N–H and O–H groups in total. The van der Waals surface area contributed by atoms with E-state index in [4.69, 9.17) is 5.26 Å². The maximum atomic E-state index is 8.82. The van der Waals surface area contributed by atoms with Gasteiger partial charge in [-0.25, -0.2) is 0 Å². The van der Waals surface area contributed by atoms with Gasteiger partial charge in [-0.2, -0.15) is 10.4 Å². The van der Waals surface area contributed by atoms with Crippen LogP contribution in [0.5, 0.6) is 0 Å². The molecular formula is C9H13N3. The summed E-state index contributed by atoms with van der Waals surface area (Å²) in [6.45, 7) is 5.76. The minimum atomic E-state index is -0.534. The quantitative estimate of drug-likeness (QED) is 0.666. The second-order valence-corrected chi connectivity index (χ2v) is 3.32. The van der Waals surface area contributed by atoms with Crippen molar-refractivity contribution < 1.29 is 0 Å². The normalized spacial score (nSPS) is 11.2. The van der Waals surface area contributed by atoms with Gasteiger partial charge in [0.1, 0.15) is 5.54 Å². The first-order valence-corrected chi connectivity index (χ1v) is 4.05. The molecule has 1 aromatic heterocycles. The van der Waals surface area contributed by atoms with Crippen LogP contribution < -0.4 is 0 Å². The van der Waals surface area contributed by atoms with Gasteiger partial charge in [-0.3, -0.25) is 4.68 Å². The van der Waals surface area contributed by atoms with E-state index in [1.165, 1.54) is 5.56 Å². The molecule has 0 aromatic carbocycles. The van der Waals surface area contributed by atoms with Crippen LogP contribution in [-0.2, 0) is 12.0 Å². The second kappa shape index (κ2) is 2.98. The Morgan fingerprint density at radius 1 is 1.67 bits per heavy atom. The van der Waals surface area contributed by atoms with Crippen LogP contribution in [0.25, 0.3) is 0 Å². The number of hydrogen-bond acceptors (Lipinski definition) is 2. The van der Waals surface area contributed by atoms with Crippen molar-refractivity contribution in [2.75, 3.05) is 0 Å². The molecule has 0 bridgehead atoms. The summed E-state index contributed by atoms with van der Waals surface area (Å²) in [4.78, 5) is 0. The van der Waals surface area contributed by atoms with Crippen LogP contribution in [-0.4, -0.2) is 9.78 Å². The number of hydrogen-bond donors (Lipinski definition) is 0. The number of rotatable bonds is 2. The summed E-state index contributed by atoms with van der Waals surface area (Å²) in [5.41, 5.74) is 0.631. The van der Waals surface area contributed by atoms with Gasteiger partial charge in [0.15, 0.2) is 0 Å². The summed E-state index contributed by atoms with van der Waals surface area (Å²) in [6.07, 6.45) is 4.68. The minimum absolute atomic E-state index is 0.534. The number of aromatic nitrogens is 2. The largest absolute Gasteiger partial charge is 0.253 e. The average Bonchev–Trinajstić information content (AvgIpc) is 2.52. The molecule has 3 nitrogen and oxygen atoms in total. The zero-order valence-corrected chi connectivity index (χ0v) is 7.70. The van der Waals surface area contributed by atoms with E-state index in [1.54, 1.807) is 10.9 Å². The molecule has 0 saturated carbocycles. The zero-order chi connectivity index (χ0) is 9.19. The predicted molar refractivity (Wildman–Crippen MR) is 46.5 cm³/mol. The smallest absolute Gasteiger partial charge is 0.143 e. The van der Waals surface area contributed by atoms with Crippen LogP contribution in [0.15, 0.2) is 12.4 Å². The Morgan fingerprint density at radius 2 is 2.33 bits per heavy atom. The van der Waals surface area contributed by atoms with E-state index < -0.39 is 5.54 Å². The van der Waals surface area contributed by atoms with Gasteiger partial charge in [0.05, 0.1) is 12.3 Å². The van der Waals surface area contributed by atoms with Crippen LogP contribution in [0.4, 0.5) is 0 Å². The second-order valence-electron chi connectivity index (χ2n) is 3.32. The lowest BCUT2D eigenvalue weighted by atomic mass is 10.1. The third-order valence-electron chi connectivity index (χ3n) is 1.89. The number of nitrogens with zero attached hydrogens (tertiary/aromatic N) is 3. The van der Waals surface area contributed by atoms with Crippen LogP contribution in [0.3, 0.4) is 0 Å². The highest BCUT2D eigenvalue weighted by Crippen LogP contribution is 2.13. The first kappa shape index (κ1) is 8.79. The predicted octanol–water partition coefficient (Wildman–Crippen LogP) is 1.70. The fourth-order valence-electron chi connectivity index (χ4n) is 0.900. The lowest BCUT2D eigenvalue weighted by Crippen LogP contribution is -2.24. The van der Waals surface area contributed by atoms with Crippen LogP contribution in [0.2, 0.25) is 0 Å². The summed E-state index contributed by atoms with van der Waals surface area (Å²) in [5.74, 6) is 0. The molecule has 0 spiro atoms. The molecule has 0 aliphatic heterocycles. The summed E-state index contributed by atoms with van der Waals surface area (Å²) in [7, 11) is 0. The van der Waals surface area contributed by atoms with E-state index in [9.17, 15) is 0 Å². The van der Waals surface area contributed by atoms with Gasteiger partial charge >= 0.3 is 0 Å². The Morgan fingerprint density at radius 3 is 2.75 bits per heavy atom. The molecule has 0 saturated heterocycles. The number of aryl methyl sites for hydroxylation is 1. The average molecular weight is 163 g/mol. The van der Waals surface area contributed by atoms with E-state index in [-0.39, 0.29) is 0 Å². The zero-order valence-electron chi connectivity index (χ0n) is 7.70. The van der Waals surface area contributed by atoms with Crippen LogP contribution in [0, 0.1) is 11.3 Å². The molecule has 1 aromatic rings. The van der Waals surface area contributed by atoms with Gasteiger partial charge in [0, 0.05) is 6.20 Å². The summed E-state index contributed by atoms with van der Waals surface area (Å²) >= 11 is 0. The molecule has 64 valence electrons. The molecule has 12 heavy (non-hydrogen) atoms. The van der Waals surface area contributed by atoms with Gasteiger partial charge < -0.3 is 0 Å². The standard InChI is InChI=1S/C9H13N3/c1-4-8-5-11-12(6-8)9(2,3)7-10/h5-6H,4H2,1-3H3. The van der Waals surface area contributed by atoms with Crippen molar-refractivity contribution in [3.05, 3.63) is 18.0 Å². The molecule has 0 atom stereocenters. The van der Waals surface area contributed by atoms with E-state index in [0.29, 0.717) is 0 Å². The van der Waals surface area contributed by atoms with Gasteiger partial charge in [0.25, 0.3) is 0 Å². The molecule has 1 rings (SSSR count). The van der Waals surface area contributed by atoms with Crippen molar-refractivity contribution in [2.24, 2.45) is 0 Å². The Hall–Kier alpha value is -1.30. The fourth-order valence-corrected chi connectivity index (χ4v) is 0.900. The highest BCUT2D eigenvalue weighted by molar-refractivity contribution is 5.08. The molecule has 0 aliphatic rings. The Balaban J connectivity index is 2.98. The SMILES string of the molecule is CCc1cnn(C(C)(C)C#N)c1. The maximum Gasteiger partial charge on any atom is 0.143 e. The Bertz CT molecular complexity index is 304. The summed E-state index contributed by atoms with van der Waals surface area (Å²) < 4.78 is 1.70.